The highest BCUT2D eigenvalue weighted by Crippen LogP contribution is 2.22. The molecule has 1 aliphatic heterocycles. The van der Waals surface area contributed by atoms with Crippen LogP contribution in [0.1, 0.15) is 53.5 Å². The zero-order valence-corrected chi connectivity index (χ0v) is 15.2. The SMILES string of the molecule is CC(C)(C)CCN1CCN(c2ncc(C(C)(C)C)cn2)CC1. The van der Waals surface area contributed by atoms with Gasteiger partial charge in [-0.2, -0.15) is 0 Å². The van der Waals surface area contributed by atoms with Crippen molar-refractivity contribution in [1.82, 2.24) is 14.9 Å². The summed E-state index contributed by atoms with van der Waals surface area (Å²) in [5.41, 5.74) is 1.73. The van der Waals surface area contributed by atoms with Crippen molar-refractivity contribution < 1.29 is 0 Å². The van der Waals surface area contributed by atoms with E-state index in [4.69, 9.17) is 0 Å². The van der Waals surface area contributed by atoms with Crippen LogP contribution in [0, 0.1) is 5.41 Å². The first kappa shape index (κ1) is 17.2. The molecule has 0 aromatic carbocycles. The lowest BCUT2D eigenvalue weighted by Crippen LogP contribution is -2.47. The molecule has 4 nitrogen and oxygen atoms in total. The van der Waals surface area contributed by atoms with Crippen molar-refractivity contribution in [1.29, 1.82) is 0 Å². The molecule has 2 rings (SSSR count). The van der Waals surface area contributed by atoms with Gasteiger partial charge in [0.15, 0.2) is 0 Å². The third kappa shape index (κ3) is 4.94. The van der Waals surface area contributed by atoms with Gasteiger partial charge >= 0.3 is 0 Å². The molecule has 4 heteroatoms. The van der Waals surface area contributed by atoms with E-state index in [-0.39, 0.29) is 5.41 Å². The van der Waals surface area contributed by atoms with Gasteiger partial charge in [-0.25, -0.2) is 9.97 Å². The maximum absolute atomic E-state index is 4.58. The minimum Gasteiger partial charge on any atom is -0.338 e. The van der Waals surface area contributed by atoms with Gasteiger partial charge in [-0.3, -0.25) is 4.90 Å². The number of rotatable bonds is 3. The fourth-order valence-corrected chi connectivity index (χ4v) is 2.54. The number of nitrogens with zero attached hydrogens (tertiary/aromatic N) is 4. The van der Waals surface area contributed by atoms with E-state index in [0.717, 1.165) is 32.1 Å². The van der Waals surface area contributed by atoms with E-state index in [0.29, 0.717) is 5.41 Å². The first-order valence-electron chi connectivity index (χ1n) is 8.45. The molecule has 0 bridgehead atoms. The monoisotopic (exact) mass is 304 g/mol. The van der Waals surface area contributed by atoms with E-state index in [1.165, 1.54) is 18.5 Å². The second-order valence-electron chi connectivity index (χ2n) is 8.66. The second kappa shape index (κ2) is 6.53. The summed E-state index contributed by atoms with van der Waals surface area (Å²) < 4.78 is 0. The molecule has 1 aliphatic rings. The maximum Gasteiger partial charge on any atom is 0.225 e. The third-order valence-corrected chi connectivity index (χ3v) is 4.34. The summed E-state index contributed by atoms with van der Waals surface area (Å²) in [6.07, 6.45) is 5.21. The van der Waals surface area contributed by atoms with Gasteiger partial charge in [-0.15, -0.1) is 0 Å². The van der Waals surface area contributed by atoms with Crippen molar-refractivity contribution in [2.45, 2.75) is 53.4 Å². The highest BCUT2D eigenvalue weighted by Gasteiger charge is 2.21. The maximum atomic E-state index is 4.58. The van der Waals surface area contributed by atoms with Crippen LogP contribution in [0.25, 0.3) is 0 Å². The minimum atomic E-state index is 0.115. The van der Waals surface area contributed by atoms with Crippen LogP contribution in [0.15, 0.2) is 12.4 Å². The molecule has 0 radical (unpaired) electrons. The summed E-state index contributed by atoms with van der Waals surface area (Å²) in [5.74, 6) is 0.878. The number of hydrogen-bond donors (Lipinski definition) is 0. The average molecular weight is 304 g/mol. The zero-order chi connectivity index (χ0) is 16.4. The van der Waals surface area contributed by atoms with Crippen LogP contribution in [0.4, 0.5) is 5.95 Å². The zero-order valence-electron chi connectivity index (χ0n) is 15.2. The molecule has 0 spiro atoms. The smallest absolute Gasteiger partial charge is 0.225 e. The average Bonchev–Trinajstić information content (AvgIpc) is 2.44. The summed E-state index contributed by atoms with van der Waals surface area (Å²) in [7, 11) is 0. The molecule has 0 amide bonds. The van der Waals surface area contributed by atoms with Crippen LogP contribution in [0.3, 0.4) is 0 Å². The topological polar surface area (TPSA) is 32.3 Å². The summed E-state index contributed by atoms with van der Waals surface area (Å²) in [4.78, 5) is 14.0. The molecule has 1 fully saturated rings. The Bertz CT molecular complexity index is 459. The lowest BCUT2D eigenvalue weighted by molar-refractivity contribution is 0.216. The molecule has 22 heavy (non-hydrogen) atoms. The van der Waals surface area contributed by atoms with Crippen molar-refractivity contribution >= 4 is 5.95 Å². The number of aromatic nitrogens is 2. The standard InChI is InChI=1S/C18H32N4/c1-17(2,3)7-8-21-9-11-22(12-10-21)16-19-13-15(14-20-16)18(4,5)6/h13-14H,7-12H2,1-6H3. The predicted octanol–water partition coefficient (Wildman–Crippen LogP) is 3.33. The fraction of sp³-hybridized carbons (Fsp3) is 0.778. The molecule has 2 heterocycles. The summed E-state index contributed by atoms with van der Waals surface area (Å²) in [6, 6.07) is 0. The second-order valence-corrected chi connectivity index (χ2v) is 8.66. The van der Waals surface area contributed by atoms with Crippen LogP contribution in [0.2, 0.25) is 0 Å². The van der Waals surface area contributed by atoms with E-state index in [1.807, 2.05) is 12.4 Å². The molecule has 1 aromatic heterocycles. The number of piperazine rings is 1. The number of anilines is 1. The molecule has 0 unspecified atom stereocenters. The molecule has 0 aliphatic carbocycles. The summed E-state index contributed by atoms with van der Waals surface area (Å²) >= 11 is 0. The first-order chi connectivity index (χ1) is 10.1. The van der Waals surface area contributed by atoms with Gasteiger partial charge in [0.05, 0.1) is 0 Å². The van der Waals surface area contributed by atoms with Crippen molar-refractivity contribution in [3.8, 4) is 0 Å². The van der Waals surface area contributed by atoms with E-state index in [1.54, 1.807) is 0 Å². The van der Waals surface area contributed by atoms with Gasteiger partial charge in [-0.05, 0) is 29.4 Å². The van der Waals surface area contributed by atoms with Crippen molar-refractivity contribution in [2.75, 3.05) is 37.6 Å². The van der Waals surface area contributed by atoms with Crippen LogP contribution < -0.4 is 4.90 Å². The highest BCUT2D eigenvalue weighted by atomic mass is 15.3. The Morgan fingerprint density at radius 1 is 0.909 bits per heavy atom. The molecule has 1 saturated heterocycles. The predicted molar refractivity (Wildman–Crippen MR) is 93.5 cm³/mol. The Hall–Kier alpha value is -1.16. The first-order valence-corrected chi connectivity index (χ1v) is 8.45. The molecular weight excluding hydrogens is 272 g/mol. The molecule has 124 valence electrons. The Kier molecular flexibility index (Phi) is 5.10. The largest absolute Gasteiger partial charge is 0.338 e. The minimum absolute atomic E-state index is 0.115. The van der Waals surface area contributed by atoms with Crippen LogP contribution in [-0.4, -0.2) is 47.6 Å². The Morgan fingerprint density at radius 3 is 1.91 bits per heavy atom. The van der Waals surface area contributed by atoms with Crippen molar-refractivity contribution in [2.24, 2.45) is 5.41 Å². The molecule has 0 saturated carbocycles. The van der Waals surface area contributed by atoms with E-state index < -0.39 is 0 Å². The van der Waals surface area contributed by atoms with Gasteiger partial charge < -0.3 is 4.90 Å². The van der Waals surface area contributed by atoms with Crippen molar-refractivity contribution in [3.05, 3.63) is 18.0 Å². The fourth-order valence-electron chi connectivity index (χ4n) is 2.54. The Morgan fingerprint density at radius 2 is 1.45 bits per heavy atom. The summed E-state index contributed by atoms with van der Waals surface area (Å²) in [6.45, 7) is 19.0. The Labute approximate surface area is 135 Å². The van der Waals surface area contributed by atoms with Gasteiger partial charge in [0.2, 0.25) is 5.95 Å². The quantitative estimate of drug-likeness (QED) is 0.857. The van der Waals surface area contributed by atoms with Crippen LogP contribution in [0.5, 0.6) is 0 Å². The lowest BCUT2D eigenvalue weighted by atomic mass is 9.89. The molecule has 0 N–H and O–H groups in total. The van der Waals surface area contributed by atoms with E-state index >= 15 is 0 Å². The van der Waals surface area contributed by atoms with Crippen LogP contribution in [-0.2, 0) is 5.41 Å². The third-order valence-electron chi connectivity index (χ3n) is 4.34. The Balaban J connectivity index is 1.86. The molecule has 0 atom stereocenters. The number of hydrogen-bond acceptors (Lipinski definition) is 4. The normalized spacial score (nSPS) is 17.8. The van der Waals surface area contributed by atoms with Gasteiger partial charge in [0.1, 0.15) is 0 Å². The molecular formula is C18H32N4. The lowest BCUT2D eigenvalue weighted by Gasteiger charge is -2.36. The van der Waals surface area contributed by atoms with Crippen molar-refractivity contribution in [3.63, 3.8) is 0 Å². The summed E-state index contributed by atoms with van der Waals surface area (Å²) in [5, 5.41) is 0. The van der Waals surface area contributed by atoms with Gasteiger partial charge in [-0.1, -0.05) is 41.5 Å². The van der Waals surface area contributed by atoms with Crippen LogP contribution >= 0.6 is 0 Å². The van der Waals surface area contributed by atoms with E-state index in [2.05, 4.69) is 61.3 Å². The van der Waals surface area contributed by atoms with E-state index in [9.17, 15) is 0 Å². The molecule has 1 aromatic rings. The van der Waals surface area contributed by atoms with Gasteiger partial charge in [0.25, 0.3) is 0 Å². The highest BCUT2D eigenvalue weighted by molar-refractivity contribution is 5.32. The van der Waals surface area contributed by atoms with Gasteiger partial charge in [0, 0.05) is 38.6 Å².